The summed E-state index contributed by atoms with van der Waals surface area (Å²) in [5, 5.41) is 32.7. The number of hydrogen-bond acceptors (Lipinski definition) is 8. The van der Waals surface area contributed by atoms with Crippen LogP contribution in [0.4, 0.5) is 5.69 Å². The molecule has 1 unspecified atom stereocenters. The number of benzene rings is 3. The minimum absolute atomic E-state index is 0.00298. The molecule has 0 aromatic heterocycles. The number of likely N-dealkylation sites (tertiary alicyclic amines) is 1. The maximum absolute atomic E-state index is 13.3. The average molecular weight is 504 g/mol. The number of aromatic hydroxyl groups is 1. The summed E-state index contributed by atoms with van der Waals surface area (Å²) in [6.07, 6.45) is 0. The van der Waals surface area contributed by atoms with E-state index in [0.717, 1.165) is 6.07 Å². The van der Waals surface area contributed by atoms with Gasteiger partial charge in [0.15, 0.2) is 11.5 Å². The number of rotatable bonds is 8. The van der Waals surface area contributed by atoms with E-state index in [2.05, 4.69) is 0 Å². The molecule has 1 heterocycles. The summed E-state index contributed by atoms with van der Waals surface area (Å²) >= 11 is 0. The zero-order chi connectivity index (χ0) is 26.7. The molecule has 10 heteroatoms. The van der Waals surface area contributed by atoms with E-state index in [1.54, 1.807) is 31.2 Å². The van der Waals surface area contributed by atoms with Gasteiger partial charge in [0.25, 0.3) is 17.4 Å². The van der Waals surface area contributed by atoms with Gasteiger partial charge < -0.3 is 24.6 Å². The number of amides is 1. The van der Waals surface area contributed by atoms with Crippen molar-refractivity contribution in [2.75, 3.05) is 13.7 Å². The summed E-state index contributed by atoms with van der Waals surface area (Å²) in [6, 6.07) is 15.5. The highest BCUT2D eigenvalue weighted by molar-refractivity contribution is 6.46. The lowest BCUT2D eigenvalue weighted by Gasteiger charge is -2.26. The Kier molecular flexibility index (Phi) is 7.10. The molecule has 3 aromatic carbocycles. The van der Waals surface area contributed by atoms with Gasteiger partial charge in [-0.05, 0) is 42.3 Å². The molecule has 0 saturated carbocycles. The number of Topliss-reactive ketones (excluding diaryl/α,β-unsaturated/α-hetero) is 1. The molecule has 190 valence electrons. The minimum atomic E-state index is -1.06. The second kappa shape index (κ2) is 10.4. The van der Waals surface area contributed by atoms with Crippen LogP contribution in [0, 0.1) is 10.1 Å². The first-order chi connectivity index (χ1) is 17.7. The van der Waals surface area contributed by atoms with Crippen LogP contribution in [-0.2, 0) is 16.1 Å². The van der Waals surface area contributed by atoms with Crippen LogP contribution in [0.2, 0.25) is 0 Å². The summed E-state index contributed by atoms with van der Waals surface area (Å²) in [7, 11) is 1.51. The van der Waals surface area contributed by atoms with Gasteiger partial charge in [0.05, 0.1) is 30.3 Å². The highest BCUT2D eigenvalue weighted by Gasteiger charge is 2.46. The van der Waals surface area contributed by atoms with Crippen molar-refractivity contribution in [1.29, 1.82) is 0 Å². The van der Waals surface area contributed by atoms with Gasteiger partial charge in [0.2, 0.25) is 0 Å². The first kappa shape index (κ1) is 25.2. The van der Waals surface area contributed by atoms with E-state index in [-0.39, 0.29) is 41.5 Å². The standard InChI is InChI=1S/C27H24N2O8/c1-3-37-22-14-17(10-11-21(22)30)24-23(25(31)18-7-5-8-19(13-18)29(34)35)26(32)27(33)28(24)15-16-6-4-9-20(12-16)36-2/h4-14,24,30-31H,3,15H2,1-2H3/b25-23+. The highest BCUT2D eigenvalue weighted by atomic mass is 16.6. The number of nitro groups is 1. The molecule has 1 atom stereocenters. The molecule has 0 bridgehead atoms. The number of hydrogen-bond donors (Lipinski definition) is 2. The average Bonchev–Trinajstić information content (AvgIpc) is 3.14. The number of phenolic OH excluding ortho intramolecular Hbond substituents is 1. The number of ketones is 1. The maximum Gasteiger partial charge on any atom is 0.295 e. The molecule has 1 fully saturated rings. The van der Waals surface area contributed by atoms with E-state index >= 15 is 0 Å². The van der Waals surface area contributed by atoms with Crippen LogP contribution in [0.3, 0.4) is 0 Å². The predicted molar refractivity (Wildman–Crippen MR) is 133 cm³/mol. The Morgan fingerprint density at radius 3 is 2.54 bits per heavy atom. The Morgan fingerprint density at radius 2 is 1.84 bits per heavy atom. The van der Waals surface area contributed by atoms with Crippen molar-refractivity contribution in [2.24, 2.45) is 0 Å². The van der Waals surface area contributed by atoms with Crippen LogP contribution >= 0.6 is 0 Å². The Hall–Kier alpha value is -4.86. The van der Waals surface area contributed by atoms with E-state index in [0.29, 0.717) is 16.9 Å². The van der Waals surface area contributed by atoms with Gasteiger partial charge in [-0.1, -0.05) is 30.3 Å². The van der Waals surface area contributed by atoms with E-state index < -0.39 is 28.4 Å². The SMILES string of the molecule is CCOc1cc(C2/C(=C(\O)c3cccc([N+](=O)[O-])c3)C(=O)C(=O)N2Cc2cccc(OC)c2)ccc1O. The second-order valence-corrected chi connectivity index (χ2v) is 8.25. The van der Waals surface area contributed by atoms with E-state index in [1.807, 2.05) is 0 Å². The molecule has 0 spiro atoms. The summed E-state index contributed by atoms with van der Waals surface area (Å²) in [6.45, 7) is 2.00. The number of methoxy groups -OCH3 is 1. The van der Waals surface area contributed by atoms with Gasteiger partial charge in [0, 0.05) is 24.2 Å². The third-order valence-corrected chi connectivity index (χ3v) is 5.96. The van der Waals surface area contributed by atoms with Crippen molar-refractivity contribution >= 4 is 23.1 Å². The Labute approximate surface area is 212 Å². The molecule has 1 aliphatic heterocycles. The molecule has 3 aromatic rings. The van der Waals surface area contributed by atoms with Crippen LogP contribution < -0.4 is 9.47 Å². The maximum atomic E-state index is 13.3. The van der Waals surface area contributed by atoms with Gasteiger partial charge in [-0.3, -0.25) is 19.7 Å². The molecular weight excluding hydrogens is 480 g/mol. The first-order valence-corrected chi connectivity index (χ1v) is 11.4. The van der Waals surface area contributed by atoms with Gasteiger partial charge in [0.1, 0.15) is 11.5 Å². The quantitative estimate of drug-likeness (QED) is 0.152. The number of aliphatic hydroxyl groups excluding tert-OH is 1. The van der Waals surface area contributed by atoms with E-state index in [9.17, 15) is 29.9 Å². The summed E-state index contributed by atoms with van der Waals surface area (Å²) < 4.78 is 10.8. The summed E-state index contributed by atoms with van der Waals surface area (Å²) in [4.78, 5) is 38.5. The van der Waals surface area contributed by atoms with Gasteiger partial charge in [-0.25, -0.2) is 0 Å². The number of carbonyl (C=O) groups excluding carboxylic acids is 2. The summed E-state index contributed by atoms with van der Waals surface area (Å²) in [5.41, 5.74) is 0.569. The van der Waals surface area contributed by atoms with Crippen LogP contribution in [0.1, 0.15) is 29.7 Å². The van der Waals surface area contributed by atoms with Crippen molar-refractivity contribution in [3.8, 4) is 17.2 Å². The van der Waals surface area contributed by atoms with Crippen LogP contribution in [-0.4, -0.2) is 45.4 Å². The molecule has 1 aliphatic rings. The Morgan fingerprint density at radius 1 is 1.08 bits per heavy atom. The van der Waals surface area contributed by atoms with E-state index in [4.69, 9.17) is 9.47 Å². The third-order valence-electron chi connectivity index (χ3n) is 5.96. The van der Waals surface area contributed by atoms with Crippen molar-refractivity contribution in [1.82, 2.24) is 4.90 Å². The molecule has 10 nitrogen and oxygen atoms in total. The van der Waals surface area contributed by atoms with Crippen molar-refractivity contribution in [3.63, 3.8) is 0 Å². The minimum Gasteiger partial charge on any atom is -0.507 e. The highest BCUT2D eigenvalue weighted by Crippen LogP contribution is 2.43. The fraction of sp³-hybridized carbons (Fsp3) is 0.185. The van der Waals surface area contributed by atoms with Gasteiger partial charge in [-0.2, -0.15) is 0 Å². The van der Waals surface area contributed by atoms with Crippen LogP contribution in [0.15, 0.2) is 72.3 Å². The number of phenols is 1. The molecule has 4 rings (SSSR count). The number of nitrogens with zero attached hydrogens (tertiary/aromatic N) is 2. The predicted octanol–water partition coefficient (Wildman–Crippen LogP) is 4.33. The number of aliphatic hydroxyl groups is 1. The summed E-state index contributed by atoms with van der Waals surface area (Å²) in [5.74, 6) is -1.78. The zero-order valence-electron chi connectivity index (χ0n) is 20.1. The van der Waals surface area contributed by atoms with Crippen LogP contribution in [0.25, 0.3) is 5.76 Å². The Balaban J connectivity index is 1.89. The normalized spacial score (nSPS) is 16.6. The number of nitro benzene ring substituents is 1. The molecular formula is C27H24N2O8. The number of non-ortho nitro benzene ring substituents is 1. The lowest BCUT2D eigenvalue weighted by molar-refractivity contribution is -0.384. The van der Waals surface area contributed by atoms with Gasteiger partial charge >= 0.3 is 0 Å². The topological polar surface area (TPSA) is 139 Å². The van der Waals surface area contributed by atoms with E-state index in [1.165, 1.54) is 48.4 Å². The largest absolute Gasteiger partial charge is 0.507 e. The molecule has 37 heavy (non-hydrogen) atoms. The van der Waals surface area contributed by atoms with Crippen molar-refractivity contribution in [3.05, 3.63) is 99.1 Å². The fourth-order valence-corrected chi connectivity index (χ4v) is 4.25. The lowest BCUT2D eigenvalue weighted by Crippen LogP contribution is -2.29. The molecule has 2 N–H and O–H groups in total. The smallest absolute Gasteiger partial charge is 0.295 e. The molecule has 1 amide bonds. The third kappa shape index (κ3) is 4.94. The fourth-order valence-electron chi connectivity index (χ4n) is 4.25. The van der Waals surface area contributed by atoms with Gasteiger partial charge in [-0.15, -0.1) is 0 Å². The number of ether oxygens (including phenoxy) is 2. The van der Waals surface area contributed by atoms with Crippen LogP contribution in [0.5, 0.6) is 17.2 Å². The molecule has 0 aliphatic carbocycles. The van der Waals surface area contributed by atoms with Crippen molar-refractivity contribution in [2.45, 2.75) is 19.5 Å². The number of carbonyl (C=O) groups is 2. The second-order valence-electron chi connectivity index (χ2n) is 8.25. The molecule has 1 saturated heterocycles. The zero-order valence-corrected chi connectivity index (χ0v) is 20.1. The van der Waals surface area contributed by atoms with Crippen molar-refractivity contribution < 1.29 is 34.2 Å². The monoisotopic (exact) mass is 504 g/mol. The first-order valence-electron chi connectivity index (χ1n) is 11.4. The Bertz CT molecular complexity index is 1420. The molecule has 0 radical (unpaired) electrons. The lowest BCUT2D eigenvalue weighted by atomic mass is 9.94.